The minimum absolute atomic E-state index is 0.0485. The molecule has 8 heteroatoms. The van der Waals surface area contributed by atoms with Gasteiger partial charge in [0.25, 0.3) is 0 Å². The van der Waals surface area contributed by atoms with Gasteiger partial charge in [-0.1, -0.05) is 46.3 Å². The summed E-state index contributed by atoms with van der Waals surface area (Å²) in [6.45, 7) is -0.237. The molecule has 0 aliphatic rings. The molecule has 4 nitrogen and oxygen atoms in total. The molecule has 0 radical (unpaired) electrons. The summed E-state index contributed by atoms with van der Waals surface area (Å²) in [6, 6.07) is 15.3. The van der Waals surface area contributed by atoms with Crippen molar-refractivity contribution in [3.63, 3.8) is 0 Å². The first-order chi connectivity index (χ1) is 13.3. The number of pyridine rings is 1. The molecule has 0 unspecified atom stereocenters. The van der Waals surface area contributed by atoms with Gasteiger partial charge in [0, 0.05) is 28.3 Å². The van der Waals surface area contributed by atoms with Gasteiger partial charge in [-0.15, -0.1) is 0 Å². The molecule has 0 amide bonds. The number of benzene rings is 2. The van der Waals surface area contributed by atoms with Gasteiger partial charge >= 0.3 is 0 Å². The molecule has 0 fully saturated rings. The summed E-state index contributed by atoms with van der Waals surface area (Å²) < 4.78 is 56.0. The van der Waals surface area contributed by atoms with E-state index in [9.17, 15) is 17.2 Å². The van der Waals surface area contributed by atoms with Crippen LogP contribution in [0.15, 0.2) is 71.3 Å². The smallest absolute Gasteiger partial charge is 0.219 e. The number of hydrogen-bond acceptors (Lipinski definition) is 3. The van der Waals surface area contributed by atoms with E-state index in [0.717, 1.165) is 4.31 Å². The minimum atomic E-state index is -3.95. The van der Waals surface area contributed by atoms with Gasteiger partial charge in [0.2, 0.25) is 10.0 Å². The van der Waals surface area contributed by atoms with Crippen LogP contribution in [0.2, 0.25) is 0 Å². The molecule has 28 heavy (non-hydrogen) atoms. The van der Waals surface area contributed by atoms with Crippen LogP contribution in [0.25, 0.3) is 0 Å². The molecule has 0 N–H and O–H groups in total. The lowest BCUT2D eigenvalue weighted by atomic mass is 10.2. The third-order valence-corrected chi connectivity index (χ3v) is 6.33. The first-order valence-corrected chi connectivity index (χ1v) is 10.8. The first kappa shape index (κ1) is 20.6. The topological polar surface area (TPSA) is 50.3 Å². The molecule has 0 aliphatic carbocycles. The highest BCUT2D eigenvalue weighted by Crippen LogP contribution is 2.22. The van der Waals surface area contributed by atoms with E-state index in [1.165, 1.54) is 30.3 Å². The van der Waals surface area contributed by atoms with Gasteiger partial charge in [0.1, 0.15) is 11.6 Å². The number of rotatable bonds is 7. The van der Waals surface area contributed by atoms with Gasteiger partial charge in [-0.3, -0.25) is 4.98 Å². The Bertz CT molecular complexity index is 1060. The maximum atomic E-state index is 14.3. The fourth-order valence-electron chi connectivity index (χ4n) is 2.67. The molecule has 0 aliphatic heterocycles. The van der Waals surface area contributed by atoms with Crippen LogP contribution < -0.4 is 0 Å². The lowest BCUT2D eigenvalue weighted by molar-refractivity contribution is 0.388. The molecule has 1 aromatic heterocycles. The average Bonchev–Trinajstić information content (AvgIpc) is 2.66. The third-order valence-electron chi connectivity index (χ3n) is 4.12. The van der Waals surface area contributed by atoms with Crippen molar-refractivity contribution in [2.24, 2.45) is 0 Å². The maximum Gasteiger partial charge on any atom is 0.219 e. The van der Waals surface area contributed by atoms with E-state index < -0.39 is 27.4 Å². The Labute approximate surface area is 171 Å². The standard InChI is InChI=1S/C20H17BrF2N2O2S/c21-17-9-8-15(20(23)11-17)12-25(13-18-6-3-4-10-24-18)28(26,27)14-16-5-1-2-7-19(16)22/h1-11H,12-14H2. The number of aromatic nitrogens is 1. The molecule has 3 rings (SSSR count). The summed E-state index contributed by atoms with van der Waals surface area (Å²) in [5.41, 5.74) is 0.790. The molecule has 0 saturated heterocycles. The third kappa shape index (κ3) is 5.21. The van der Waals surface area contributed by atoms with Gasteiger partial charge < -0.3 is 0 Å². The Kier molecular flexibility index (Phi) is 6.53. The van der Waals surface area contributed by atoms with E-state index in [4.69, 9.17) is 0 Å². The zero-order chi connectivity index (χ0) is 20.1. The summed E-state index contributed by atoms with van der Waals surface area (Å²) >= 11 is 3.18. The van der Waals surface area contributed by atoms with E-state index in [1.807, 2.05) is 0 Å². The second-order valence-electron chi connectivity index (χ2n) is 6.17. The predicted octanol–water partition coefficient (Wildman–Crippen LogP) is 4.65. The first-order valence-electron chi connectivity index (χ1n) is 8.40. The van der Waals surface area contributed by atoms with Gasteiger partial charge in [-0.05, 0) is 30.3 Å². The second-order valence-corrected chi connectivity index (χ2v) is 9.06. The molecule has 0 saturated carbocycles. The summed E-state index contributed by atoms with van der Waals surface area (Å²) in [4.78, 5) is 4.15. The molecule has 0 atom stereocenters. The normalized spacial score (nSPS) is 11.7. The van der Waals surface area contributed by atoms with Crippen molar-refractivity contribution < 1.29 is 17.2 Å². The van der Waals surface area contributed by atoms with Crippen LogP contribution in [0.4, 0.5) is 8.78 Å². The van der Waals surface area contributed by atoms with Gasteiger partial charge in [0.05, 0.1) is 18.0 Å². The predicted molar refractivity (Wildman–Crippen MR) is 107 cm³/mol. The average molecular weight is 467 g/mol. The minimum Gasteiger partial charge on any atom is -0.260 e. The highest BCUT2D eigenvalue weighted by Gasteiger charge is 2.25. The van der Waals surface area contributed by atoms with Crippen LogP contribution in [0, 0.1) is 11.6 Å². The second kappa shape index (κ2) is 8.89. The van der Waals surface area contributed by atoms with Crippen molar-refractivity contribution in [1.29, 1.82) is 0 Å². The number of hydrogen-bond donors (Lipinski definition) is 0. The Morgan fingerprint density at radius 2 is 1.64 bits per heavy atom. The van der Waals surface area contributed by atoms with Crippen LogP contribution in [-0.4, -0.2) is 17.7 Å². The van der Waals surface area contributed by atoms with E-state index in [0.29, 0.717) is 10.2 Å². The van der Waals surface area contributed by atoms with Gasteiger partial charge in [-0.2, -0.15) is 4.31 Å². The van der Waals surface area contributed by atoms with Crippen molar-refractivity contribution in [2.45, 2.75) is 18.8 Å². The summed E-state index contributed by atoms with van der Waals surface area (Å²) in [5.74, 6) is -1.65. The van der Waals surface area contributed by atoms with Crippen LogP contribution in [0.1, 0.15) is 16.8 Å². The Balaban J connectivity index is 1.93. The number of sulfonamides is 1. The molecule has 0 bridgehead atoms. The van der Waals surface area contributed by atoms with E-state index in [2.05, 4.69) is 20.9 Å². The zero-order valence-electron chi connectivity index (χ0n) is 14.7. The molecule has 1 heterocycles. The van der Waals surface area contributed by atoms with Crippen LogP contribution in [0.3, 0.4) is 0 Å². The lowest BCUT2D eigenvalue weighted by Crippen LogP contribution is -2.32. The highest BCUT2D eigenvalue weighted by atomic mass is 79.9. The number of halogens is 3. The van der Waals surface area contributed by atoms with Gasteiger partial charge in [-0.25, -0.2) is 17.2 Å². The van der Waals surface area contributed by atoms with Crippen molar-refractivity contribution >= 4 is 26.0 Å². The molecule has 2 aromatic carbocycles. The van der Waals surface area contributed by atoms with E-state index in [1.54, 1.807) is 36.5 Å². The summed E-state index contributed by atoms with van der Waals surface area (Å²) in [6.07, 6.45) is 1.55. The van der Waals surface area contributed by atoms with Crippen LogP contribution in [0.5, 0.6) is 0 Å². The highest BCUT2D eigenvalue weighted by molar-refractivity contribution is 9.10. The zero-order valence-corrected chi connectivity index (χ0v) is 17.1. The fraction of sp³-hybridized carbons (Fsp3) is 0.150. The van der Waals surface area contributed by atoms with Crippen molar-refractivity contribution in [3.05, 3.63) is 99.8 Å². The Morgan fingerprint density at radius 1 is 0.893 bits per heavy atom. The maximum absolute atomic E-state index is 14.3. The van der Waals surface area contributed by atoms with E-state index in [-0.39, 0.29) is 24.2 Å². The lowest BCUT2D eigenvalue weighted by Gasteiger charge is -2.22. The quantitative estimate of drug-likeness (QED) is 0.508. The summed E-state index contributed by atoms with van der Waals surface area (Å²) in [7, 11) is -3.95. The Morgan fingerprint density at radius 3 is 2.32 bits per heavy atom. The molecule has 0 spiro atoms. The Hall–Kier alpha value is -2.16. The fourth-order valence-corrected chi connectivity index (χ4v) is 4.48. The molecular formula is C20H17BrF2N2O2S. The van der Waals surface area contributed by atoms with Crippen LogP contribution in [-0.2, 0) is 28.9 Å². The monoisotopic (exact) mass is 466 g/mol. The van der Waals surface area contributed by atoms with Crippen LogP contribution >= 0.6 is 15.9 Å². The van der Waals surface area contributed by atoms with E-state index >= 15 is 0 Å². The van der Waals surface area contributed by atoms with Gasteiger partial charge in [0.15, 0.2) is 0 Å². The largest absolute Gasteiger partial charge is 0.260 e. The number of nitrogens with zero attached hydrogens (tertiary/aromatic N) is 2. The van der Waals surface area contributed by atoms with Crippen molar-refractivity contribution in [3.8, 4) is 0 Å². The van der Waals surface area contributed by atoms with Crippen molar-refractivity contribution in [1.82, 2.24) is 9.29 Å². The van der Waals surface area contributed by atoms with Crippen molar-refractivity contribution in [2.75, 3.05) is 0 Å². The summed E-state index contributed by atoms with van der Waals surface area (Å²) in [5, 5.41) is 0. The molecule has 3 aromatic rings. The SMILES string of the molecule is O=S(=O)(Cc1ccccc1F)N(Cc1ccccn1)Cc1ccc(Br)cc1F. The molecular weight excluding hydrogens is 450 g/mol. The molecule has 146 valence electrons.